The molecule has 0 bridgehead atoms. The van der Waals surface area contributed by atoms with Gasteiger partial charge in [-0.1, -0.05) is 31.2 Å². The first kappa shape index (κ1) is 17.9. The van der Waals surface area contributed by atoms with Gasteiger partial charge in [0.15, 0.2) is 0 Å². The van der Waals surface area contributed by atoms with Crippen molar-refractivity contribution in [2.45, 2.75) is 38.3 Å². The quantitative estimate of drug-likeness (QED) is 0.797. The van der Waals surface area contributed by atoms with Crippen LogP contribution in [0, 0.1) is 0 Å². The summed E-state index contributed by atoms with van der Waals surface area (Å²) in [6, 6.07) is 7.58. The zero-order valence-electron chi connectivity index (χ0n) is 15.1. The molecule has 2 aliphatic rings. The molecule has 25 heavy (non-hydrogen) atoms. The van der Waals surface area contributed by atoms with Crippen molar-refractivity contribution in [3.63, 3.8) is 0 Å². The van der Waals surface area contributed by atoms with Crippen LogP contribution < -0.4 is 11.1 Å². The fourth-order valence-electron chi connectivity index (χ4n) is 4.02. The minimum Gasteiger partial charge on any atom is -0.368 e. The number of nitrogens with two attached hydrogens (primary N) is 1. The lowest BCUT2D eigenvalue weighted by molar-refractivity contribution is -0.137. The second-order valence-electron chi connectivity index (χ2n) is 7.17. The third-order valence-corrected chi connectivity index (χ3v) is 5.71. The van der Waals surface area contributed by atoms with E-state index in [1.54, 1.807) is 6.92 Å². The molecule has 3 N–H and O–H groups in total. The van der Waals surface area contributed by atoms with Crippen LogP contribution in [0.25, 0.3) is 0 Å². The van der Waals surface area contributed by atoms with Gasteiger partial charge >= 0.3 is 0 Å². The number of likely N-dealkylation sites (N-methyl/N-ethyl adjacent to an activating group) is 1. The molecule has 0 aromatic heterocycles. The molecule has 6 nitrogen and oxygen atoms in total. The maximum atomic E-state index is 13.2. The minimum absolute atomic E-state index is 0.0834. The van der Waals surface area contributed by atoms with Crippen molar-refractivity contribution in [3.05, 3.63) is 35.4 Å². The molecule has 1 atom stereocenters. The number of amides is 2. The maximum absolute atomic E-state index is 13.2. The smallest absolute Gasteiger partial charge is 0.241 e. The van der Waals surface area contributed by atoms with E-state index in [-0.39, 0.29) is 5.91 Å². The summed E-state index contributed by atoms with van der Waals surface area (Å²) in [5.74, 6) is -0.588. The molecule has 1 heterocycles. The van der Waals surface area contributed by atoms with Crippen molar-refractivity contribution in [3.8, 4) is 0 Å². The van der Waals surface area contributed by atoms with Crippen LogP contribution in [0.5, 0.6) is 0 Å². The van der Waals surface area contributed by atoms with E-state index in [1.165, 1.54) is 11.1 Å². The summed E-state index contributed by atoms with van der Waals surface area (Å²) in [6.45, 7) is 8.50. The molecule has 1 aliphatic heterocycles. The Balaban J connectivity index is 1.85. The van der Waals surface area contributed by atoms with Crippen molar-refractivity contribution in [1.29, 1.82) is 0 Å². The third-order valence-electron chi connectivity index (χ3n) is 5.71. The Morgan fingerprint density at radius 2 is 1.72 bits per heavy atom. The molecule has 136 valence electrons. The van der Waals surface area contributed by atoms with Crippen LogP contribution in [-0.2, 0) is 22.4 Å². The fraction of sp³-hybridized carbons (Fsp3) is 0.579. The van der Waals surface area contributed by atoms with E-state index in [1.807, 2.05) is 12.1 Å². The number of carbonyl (C=O) groups excluding carboxylic acids is 2. The Morgan fingerprint density at radius 1 is 1.16 bits per heavy atom. The van der Waals surface area contributed by atoms with Gasteiger partial charge in [-0.25, -0.2) is 0 Å². The lowest BCUT2D eigenvalue weighted by atomic mass is 9.90. The van der Waals surface area contributed by atoms with E-state index < -0.39 is 17.5 Å². The van der Waals surface area contributed by atoms with Gasteiger partial charge in [-0.05, 0) is 24.6 Å². The van der Waals surface area contributed by atoms with Gasteiger partial charge < -0.3 is 16.0 Å². The van der Waals surface area contributed by atoms with Crippen LogP contribution in [-0.4, -0.2) is 65.9 Å². The monoisotopic (exact) mass is 344 g/mol. The van der Waals surface area contributed by atoms with Gasteiger partial charge in [0, 0.05) is 39.0 Å². The fourth-order valence-corrected chi connectivity index (χ4v) is 4.02. The molecule has 1 aliphatic carbocycles. The van der Waals surface area contributed by atoms with Gasteiger partial charge in [0.2, 0.25) is 11.8 Å². The molecule has 0 saturated carbocycles. The van der Waals surface area contributed by atoms with Gasteiger partial charge in [0.25, 0.3) is 0 Å². The Morgan fingerprint density at radius 3 is 2.20 bits per heavy atom. The molecule has 1 aromatic rings. The van der Waals surface area contributed by atoms with E-state index in [0.29, 0.717) is 12.8 Å². The van der Waals surface area contributed by atoms with Gasteiger partial charge in [-0.2, -0.15) is 0 Å². The summed E-state index contributed by atoms with van der Waals surface area (Å²) in [4.78, 5) is 29.4. The van der Waals surface area contributed by atoms with Gasteiger partial charge in [0.05, 0.1) is 0 Å². The molecule has 1 fully saturated rings. The van der Waals surface area contributed by atoms with Crippen molar-refractivity contribution in [2.75, 3.05) is 32.7 Å². The molecule has 6 heteroatoms. The molecular formula is C19H28N4O2. The molecular weight excluding hydrogens is 316 g/mol. The largest absolute Gasteiger partial charge is 0.368 e. The van der Waals surface area contributed by atoms with E-state index in [0.717, 1.165) is 32.7 Å². The Labute approximate surface area is 149 Å². The highest BCUT2D eigenvalue weighted by molar-refractivity contribution is 5.92. The number of primary amides is 1. The van der Waals surface area contributed by atoms with Crippen LogP contribution >= 0.6 is 0 Å². The summed E-state index contributed by atoms with van der Waals surface area (Å²) in [7, 11) is 0. The summed E-state index contributed by atoms with van der Waals surface area (Å²) < 4.78 is 0. The Bertz CT molecular complexity index is 628. The van der Waals surface area contributed by atoms with E-state index >= 15 is 0 Å². The lowest BCUT2D eigenvalue weighted by Crippen LogP contribution is -2.65. The number of piperazine rings is 1. The van der Waals surface area contributed by atoms with Crippen molar-refractivity contribution in [1.82, 2.24) is 15.1 Å². The third kappa shape index (κ3) is 3.41. The molecule has 0 spiro atoms. The van der Waals surface area contributed by atoms with Gasteiger partial charge in [-0.15, -0.1) is 0 Å². The second kappa shape index (κ2) is 7.14. The highest BCUT2D eigenvalue weighted by Crippen LogP contribution is 2.35. The van der Waals surface area contributed by atoms with Crippen LogP contribution in [0.3, 0.4) is 0 Å². The first-order valence-electron chi connectivity index (χ1n) is 9.11. The normalized spacial score (nSPS) is 21.5. The number of fused-ring (bicyclic) bond motifs is 1. The molecule has 0 unspecified atom stereocenters. The molecule has 3 rings (SSSR count). The average Bonchev–Trinajstić information content (AvgIpc) is 3.02. The van der Waals surface area contributed by atoms with Crippen LogP contribution in [0.2, 0.25) is 0 Å². The predicted molar refractivity (Wildman–Crippen MR) is 97.1 cm³/mol. The van der Waals surface area contributed by atoms with Crippen LogP contribution in [0.15, 0.2) is 24.3 Å². The minimum atomic E-state index is -0.662. The molecule has 1 saturated heterocycles. The second-order valence-corrected chi connectivity index (χ2v) is 7.17. The summed E-state index contributed by atoms with van der Waals surface area (Å²) >= 11 is 0. The van der Waals surface area contributed by atoms with Crippen molar-refractivity contribution in [2.24, 2.45) is 5.73 Å². The number of benzene rings is 1. The summed E-state index contributed by atoms with van der Waals surface area (Å²) in [5.41, 5.74) is 7.18. The van der Waals surface area contributed by atoms with Crippen LogP contribution in [0.4, 0.5) is 0 Å². The standard InChI is InChI=1S/C19H28N4O2/c1-3-22-8-10-23(11-9-22)19(18(25)21-14(2)17(20)24)12-15-6-4-5-7-16(15)13-19/h4-7,14H,3,8-13H2,1-2H3,(H2,20,24)(H,21,25)/t14-/m0/s1. The van der Waals surface area contributed by atoms with Gasteiger partial charge in [0.1, 0.15) is 11.6 Å². The number of carbonyl (C=O) groups is 2. The number of rotatable bonds is 5. The predicted octanol–water partition coefficient (Wildman–Crippen LogP) is 0.152. The number of hydrogen-bond acceptors (Lipinski definition) is 4. The van der Waals surface area contributed by atoms with Crippen molar-refractivity contribution < 1.29 is 9.59 Å². The molecule has 1 aromatic carbocycles. The highest BCUT2D eigenvalue weighted by atomic mass is 16.2. The first-order valence-corrected chi connectivity index (χ1v) is 9.11. The van der Waals surface area contributed by atoms with E-state index in [9.17, 15) is 9.59 Å². The van der Waals surface area contributed by atoms with Gasteiger partial charge in [-0.3, -0.25) is 14.5 Å². The van der Waals surface area contributed by atoms with Crippen molar-refractivity contribution >= 4 is 11.8 Å². The Hall–Kier alpha value is -1.92. The first-order chi connectivity index (χ1) is 12.0. The zero-order chi connectivity index (χ0) is 18.0. The SMILES string of the molecule is CCN1CCN(C2(C(=O)N[C@@H](C)C(N)=O)Cc3ccccc3C2)CC1. The summed E-state index contributed by atoms with van der Waals surface area (Å²) in [6.07, 6.45) is 1.37. The zero-order valence-corrected chi connectivity index (χ0v) is 15.1. The lowest BCUT2D eigenvalue weighted by Gasteiger charge is -2.45. The Kier molecular flexibility index (Phi) is 5.11. The summed E-state index contributed by atoms with van der Waals surface area (Å²) in [5, 5.41) is 2.85. The highest BCUT2D eigenvalue weighted by Gasteiger charge is 2.49. The molecule has 0 radical (unpaired) electrons. The topological polar surface area (TPSA) is 78.7 Å². The number of nitrogens with zero attached hydrogens (tertiary/aromatic N) is 2. The molecule has 2 amide bonds. The maximum Gasteiger partial charge on any atom is 0.241 e. The average molecular weight is 344 g/mol. The van der Waals surface area contributed by atoms with Crippen LogP contribution in [0.1, 0.15) is 25.0 Å². The number of nitrogens with one attached hydrogen (secondary N) is 1. The number of hydrogen-bond donors (Lipinski definition) is 2. The van der Waals surface area contributed by atoms with E-state index in [4.69, 9.17) is 5.73 Å². The van der Waals surface area contributed by atoms with E-state index in [2.05, 4.69) is 34.2 Å².